The lowest BCUT2D eigenvalue weighted by Crippen LogP contribution is -2.24. The van der Waals surface area contributed by atoms with E-state index in [0.29, 0.717) is 0 Å². The van der Waals surface area contributed by atoms with Crippen LogP contribution in [0.3, 0.4) is 0 Å². The number of ether oxygens (including phenoxy) is 1. The van der Waals surface area contributed by atoms with E-state index in [1.54, 1.807) is 18.4 Å². The van der Waals surface area contributed by atoms with E-state index in [0.717, 1.165) is 17.6 Å². The van der Waals surface area contributed by atoms with Crippen LogP contribution in [0.1, 0.15) is 30.6 Å². The number of nitrogens with one attached hydrogen (secondary N) is 1. The third kappa shape index (κ3) is 2.49. The molecule has 0 aliphatic heterocycles. The normalized spacial score (nSPS) is 17.5. The first kappa shape index (κ1) is 9.99. The van der Waals surface area contributed by atoms with Crippen molar-refractivity contribution >= 4 is 11.3 Å². The Morgan fingerprint density at radius 3 is 2.86 bits per heavy atom. The average molecular weight is 211 g/mol. The average Bonchev–Trinajstić information content (AvgIpc) is 2.86. The Kier molecular flexibility index (Phi) is 3.43. The number of rotatable bonds is 4. The Hall–Kier alpha value is -0.540. The van der Waals surface area contributed by atoms with Crippen molar-refractivity contribution in [1.82, 2.24) is 5.32 Å². The molecule has 0 radical (unpaired) electrons. The monoisotopic (exact) mass is 211 g/mol. The van der Waals surface area contributed by atoms with E-state index in [-0.39, 0.29) is 0 Å². The summed E-state index contributed by atoms with van der Waals surface area (Å²) in [7, 11) is 1.72. The predicted molar refractivity (Wildman–Crippen MR) is 60.0 cm³/mol. The number of methoxy groups -OCH3 is 1. The summed E-state index contributed by atoms with van der Waals surface area (Å²) in [6.45, 7) is 0.999. The Morgan fingerprint density at radius 1 is 1.43 bits per heavy atom. The van der Waals surface area contributed by atoms with Crippen LogP contribution in [0.4, 0.5) is 0 Å². The summed E-state index contributed by atoms with van der Waals surface area (Å²) in [4.78, 5) is 1.37. The molecule has 1 N–H and O–H groups in total. The second kappa shape index (κ2) is 4.80. The van der Waals surface area contributed by atoms with E-state index < -0.39 is 0 Å². The van der Waals surface area contributed by atoms with Crippen LogP contribution in [0.25, 0.3) is 0 Å². The molecule has 1 aromatic rings. The first-order valence-electron chi connectivity index (χ1n) is 5.24. The molecular formula is C11H17NOS. The second-order valence-electron chi connectivity index (χ2n) is 3.79. The molecule has 1 heterocycles. The Morgan fingerprint density at radius 2 is 2.21 bits per heavy atom. The van der Waals surface area contributed by atoms with Crippen molar-refractivity contribution in [1.29, 1.82) is 0 Å². The van der Waals surface area contributed by atoms with Crippen molar-refractivity contribution < 1.29 is 4.74 Å². The van der Waals surface area contributed by atoms with Crippen LogP contribution in [-0.4, -0.2) is 13.2 Å². The van der Waals surface area contributed by atoms with Crippen LogP contribution in [-0.2, 0) is 6.54 Å². The summed E-state index contributed by atoms with van der Waals surface area (Å²) in [5, 5.41) is 4.60. The molecule has 3 heteroatoms. The van der Waals surface area contributed by atoms with E-state index in [4.69, 9.17) is 4.74 Å². The van der Waals surface area contributed by atoms with Gasteiger partial charge in [0.15, 0.2) is 5.06 Å². The third-order valence-corrected chi connectivity index (χ3v) is 3.80. The SMILES string of the molecule is COc1ccc(CNC2CCCC2)s1. The van der Waals surface area contributed by atoms with Gasteiger partial charge in [0.2, 0.25) is 0 Å². The van der Waals surface area contributed by atoms with Gasteiger partial charge in [0, 0.05) is 17.5 Å². The van der Waals surface area contributed by atoms with Crippen LogP contribution in [0.15, 0.2) is 12.1 Å². The molecule has 1 aromatic heterocycles. The predicted octanol–water partition coefficient (Wildman–Crippen LogP) is 2.79. The summed E-state index contributed by atoms with van der Waals surface area (Å²) >= 11 is 1.73. The van der Waals surface area contributed by atoms with Gasteiger partial charge in [0.05, 0.1) is 7.11 Å². The van der Waals surface area contributed by atoms with E-state index >= 15 is 0 Å². The minimum atomic E-state index is 0.753. The molecule has 1 saturated carbocycles. The van der Waals surface area contributed by atoms with Crippen LogP contribution in [0.2, 0.25) is 0 Å². The van der Waals surface area contributed by atoms with Crippen molar-refractivity contribution in [2.75, 3.05) is 7.11 Å². The molecular weight excluding hydrogens is 194 g/mol. The molecule has 1 aliphatic rings. The van der Waals surface area contributed by atoms with Gasteiger partial charge >= 0.3 is 0 Å². The van der Waals surface area contributed by atoms with Gasteiger partial charge in [-0.25, -0.2) is 0 Å². The van der Waals surface area contributed by atoms with Gasteiger partial charge < -0.3 is 10.1 Å². The van der Waals surface area contributed by atoms with Crippen molar-refractivity contribution in [3.05, 3.63) is 17.0 Å². The molecule has 0 bridgehead atoms. The first-order chi connectivity index (χ1) is 6.88. The van der Waals surface area contributed by atoms with Gasteiger partial charge in [0.25, 0.3) is 0 Å². The molecule has 14 heavy (non-hydrogen) atoms. The standard InChI is InChI=1S/C11H17NOS/c1-13-11-7-6-10(14-11)8-12-9-4-2-3-5-9/h6-7,9,12H,2-5,8H2,1H3. The molecule has 0 spiro atoms. The summed E-state index contributed by atoms with van der Waals surface area (Å²) < 4.78 is 5.16. The van der Waals surface area contributed by atoms with E-state index in [2.05, 4.69) is 11.4 Å². The first-order valence-corrected chi connectivity index (χ1v) is 6.06. The zero-order chi connectivity index (χ0) is 9.80. The minimum absolute atomic E-state index is 0.753. The largest absolute Gasteiger partial charge is 0.487 e. The molecule has 2 rings (SSSR count). The van der Waals surface area contributed by atoms with Crippen LogP contribution >= 0.6 is 11.3 Å². The Labute approximate surface area is 89.3 Å². The number of thiophene rings is 1. The molecule has 0 amide bonds. The fourth-order valence-electron chi connectivity index (χ4n) is 1.94. The quantitative estimate of drug-likeness (QED) is 0.827. The summed E-state index contributed by atoms with van der Waals surface area (Å²) in [5.74, 6) is 0. The van der Waals surface area contributed by atoms with Crippen LogP contribution < -0.4 is 10.1 Å². The zero-order valence-electron chi connectivity index (χ0n) is 8.58. The highest BCUT2D eigenvalue weighted by molar-refractivity contribution is 7.13. The lowest BCUT2D eigenvalue weighted by Gasteiger charge is -2.09. The highest BCUT2D eigenvalue weighted by Gasteiger charge is 2.14. The molecule has 78 valence electrons. The van der Waals surface area contributed by atoms with Gasteiger partial charge in [-0.3, -0.25) is 0 Å². The topological polar surface area (TPSA) is 21.3 Å². The van der Waals surface area contributed by atoms with Crippen molar-refractivity contribution in [3.8, 4) is 5.06 Å². The van der Waals surface area contributed by atoms with Crippen LogP contribution in [0, 0.1) is 0 Å². The maximum Gasteiger partial charge on any atom is 0.173 e. The summed E-state index contributed by atoms with van der Waals surface area (Å²) in [6.07, 6.45) is 5.49. The minimum Gasteiger partial charge on any atom is -0.487 e. The van der Waals surface area contributed by atoms with E-state index in [9.17, 15) is 0 Å². The Balaban J connectivity index is 1.79. The molecule has 0 atom stereocenters. The third-order valence-electron chi connectivity index (χ3n) is 2.76. The molecule has 2 nitrogen and oxygen atoms in total. The molecule has 0 unspecified atom stereocenters. The van der Waals surface area contributed by atoms with E-state index in [1.807, 2.05) is 6.07 Å². The Bertz CT molecular complexity index is 279. The fourth-order valence-corrected chi connectivity index (χ4v) is 2.71. The van der Waals surface area contributed by atoms with Gasteiger partial charge in [-0.1, -0.05) is 12.8 Å². The van der Waals surface area contributed by atoms with Gasteiger partial charge in [0.1, 0.15) is 0 Å². The van der Waals surface area contributed by atoms with Gasteiger partial charge in [-0.15, -0.1) is 11.3 Å². The molecule has 1 aliphatic carbocycles. The highest BCUT2D eigenvalue weighted by atomic mass is 32.1. The number of hydrogen-bond acceptors (Lipinski definition) is 3. The van der Waals surface area contributed by atoms with E-state index in [1.165, 1.54) is 30.6 Å². The summed E-state index contributed by atoms with van der Waals surface area (Å²) in [5.41, 5.74) is 0. The summed E-state index contributed by atoms with van der Waals surface area (Å²) in [6, 6.07) is 4.94. The molecule has 1 fully saturated rings. The molecule has 0 aromatic carbocycles. The van der Waals surface area contributed by atoms with Crippen LogP contribution in [0.5, 0.6) is 5.06 Å². The lowest BCUT2D eigenvalue weighted by molar-refractivity contribution is 0.427. The second-order valence-corrected chi connectivity index (χ2v) is 4.92. The smallest absolute Gasteiger partial charge is 0.173 e. The van der Waals surface area contributed by atoms with Gasteiger partial charge in [-0.2, -0.15) is 0 Å². The number of hydrogen-bond donors (Lipinski definition) is 1. The fraction of sp³-hybridized carbons (Fsp3) is 0.636. The maximum atomic E-state index is 5.16. The highest BCUT2D eigenvalue weighted by Crippen LogP contribution is 2.24. The maximum absolute atomic E-state index is 5.16. The lowest BCUT2D eigenvalue weighted by atomic mass is 10.2. The van der Waals surface area contributed by atoms with Crippen molar-refractivity contribution in [2.45, 2.75) is 38.3 Å². The zero-order valence-corrected chi connectivity index (χ0v) is 9.40. The molecule has 0 saturated heterocycles. The van der Waals surface area contributed by atoms with Crippen molar-refractivity contribution in [3.63, 3.8) is 0 Å². The van der Waals surface area contributed by atoms with Gasteiger partial charge in [-0.05, 0) is 25.0 Å². The van der Waals surface area contributed by atoms with Crippen molar-refractivity contribution in [2.24, 2.45) is 0 Å².